The molecule has 24 heavy (non-hydrogen) atoms. The number of amides is 1. The third-order valence-electron chi connectivity index (χ3n) is 3.95. The van der Waals surface area contributed by atoms with Crippen molar-refractivity contribution >= 4 is 22.0 Å². The van der Waals surface area contributed by atoms with Crippen LogP contribution >= 0.6 is 15.9 Å². The predicted octanol–water partition coefficient (Wildman–Crippen LogP) is 4.91. The fourth-order valence-electron chi connectivity index (χ4n) is 2.89. The molecular formula is C18H22BrN3O2. The van der Waals surface area contributed by atoms with Gasteiger partial charge >= 0.3 is 6.09 Å². The molecule has 0 bridgehead atoms. The van der Waals surface area contributed by atoms with E-state index in [2.05, 4.69) is 25.9 Å². The van der Waals surface area contributed by atoms with Crippen LogP contribution in [0, 0.1) is 0 Å². The molecule has 1 N–H and O–H groups in total. The molecule has 3 rings (SSSR count). The van der Waals surface area contributed by atoms with Crippen molar-refractivity contribution in [1.82, 2.24) is 14.9 Å². The monoisotopic (exact) mass is 391 g/mol. The lowest BCUT2D eigenvalue weighted by molar-refractivity contribution is 0.0222. The van der Waals surface area contributed by atoms with Crippen LogP contribution in [0.25, 0.3) is 11.4 Å². The predicted molar refractivity (Wildman–Crippen MR) is 96.6 cm³/mol. The minimum Gasteiger partial charge on any atom is -0.444 e. The molecule has 1 amide bonds. The van der Waals surface area contributed by atoms with Crippen LogP contribution in [-0.2, 0) is 4.74 Å². The number of aromatic nitrogens is 2. The Morgan fingerprint density at radius 2 is 2.04 bits per heavy atom. The average molecular weight is 392 g/mol. The largest absolute Gasteiger partial charge is 0.444 e. The zero-order valence-corrected chi connectivity index (χ0v) is 15.8. The molecule has 5 nitrogen and oxygen atoms in total. The van der Waals surface area contributed by atoms with Gasteiger partial charge in [-0.05, 0) is 45.7 Å². The second kappa shape index (κ2) is 6.59. The van der Waals surface area contributed by atoms with Gasteiger partial charge in [-0.3, -0.25) is 4.90 Å². The van der Waals surface area contributed by atoms with Gasteiger partial charge in [0.25, 0.3) is 0 Å². The van der Waals surface area contributed by atoms with Crippen molar-refractivity contribution in [3.05, 3.63) is 40.6 Å². The molecule has 0 radical (unpaired) electrons. The Kier molecular flexibility index (Phi) is 4.67. The molecule has 0 saturated carbocycles. The van der Waals surface area contributed by atoms with Crippen molar-refractivity contribution < 1.29 is 9.53 Å². The fraction of sp³-hybridized carbons (Fsp3) is 0.444. The molecule has 1 aliphatic rings. The number of nitrogens with one attached hydrogen (secondary N) is 1. The summed E-state index contributed by atoms with van der Waals surface area (Å²) in [4.78, 5) is 22.1. The molecule has 1 saturated heterocycles. The summed E-state index contributed by atoms with van der Waals surface area (Å²) in [5.74, 6) is 0.813. The molecule has 1 aromatic carbocycles. The third-order valence-corrected chi connectivity index (χ3v) is 4.48. The van der Waals surface area contributed by atoms with Gasteiger partial charge in [0.15, 0.2) is 0 Å². The number of benzene rings is 1. The number of imidazole rings is 1. The van der Waals surface area contributed by atoms with Crippen molar-refractivity contribution in [1.29, 1.82) is 0 Å². The Hall–Kier alpha value is -1.82. The van der Waals surface area contributed by atoms with Crippen molar-refractivity contribution in [3.8, 4) is 11.4 Å². The molecule has 1 atom stereocenters. The van der Waals surface area contributed by atoms with E-state index in [1.54, 1.807) is 4.90 Å². The van der Waals surface area contributed by atoms with E-state index in [1.807, 2.05) is 51.2 Å². The van der Waals surface area contributed by atoms with Crippen molar-refractivity contribution in [3.63, 3.8) is 0 Å². The molecule has 2 heterocycles. The second-order valence-electron chi connectivity index (χ2n) is 7.03. The standard InChI is InChI=1S/C18H22BrN3O2/c1-18(2,3)24-17(23)22-10-4-5-15(22)14-11-20-16(21-14)12-6-8-13(19)9-7-12/h6-9,11,15H,4-5,10H2,1-3H3,(H,20,21)/t15-/m0/s1. The Bertz CT molecular complexity index is 719. The van der Waals surface area contributed by atoms with Crippen molar-refractivity contribution in [2.24, 2.45) is 0 Å². The fourth-order valence-corrected chi connectivity index (χ4v) is 3.15. The van der Waals surface area contributed by atoms with E-state index in [-0.39, 0.29) is 12.1 Å². The first kappa shape index (κ1) is 17.0. The summed E-state index contributed by atoms with van der Waals surface area (Å²) in [5, 5.41) is 0. The van der Waals surface area contributed by atoms with Crippen molar-refractivity contribution in [2.75, 3.05) is 6.54 Å². The number of nitrogens with zero attached hydrogens (tertiary/aromatic N) is 2. The topological polar surface area (TPSA) is 58.2 Å². The lowest BCUT2D eigenvalue weighted by Crippen LogP contribution is -2.36. The summed E-state index contributed by atoms with van der Waals surface area (Å²) in [6.07, 6.45) is 3.45. The Labute approximate surface area is 150 Å². The summed E-state index contributed by atoms with van der Waals surface area (Å²) < 4.78 is 6.56. The molecule has 6 heteroatoms. The highest BCUT2D eigenvalue weighted by molar-refractivity contribution is 9.10. The summed E-state index contributed by atoms with van der Waals surface area (Å²) in [6.45, 7) is 6.37. The summed E-state index contributed by atoms with van der Waals surface area (Å²) in [6, 6.07) is 7.98. The number of halogens is 1. The first-order valence-corrected chi connectivity index (χ1v) is 8.93. The Morgan fingerprint density at radius 1 is 1.33 bits per heavy atom. The highest BCUT2D eigenvalue weighted by Crippen LogP contribution is 2.33. The normalized spacial score (nSPS) is 18.0. The molecule has 2 aromatic rings. The van der Waals surface area contributed by atoms with Gasteiger partial charge in [0.05, 0.1) is 17.9 Å². The number of rotatable bonds is 2. The van der Waals surface area contributed by atoms with E-state index in [9.17, 15) is 4.79 Å². The highest BCUT2D eigenvalue weighted by atomic mass is 79.9. The van der Waals surface area contributed by atoms with E-state index in [4.69, 9.17) is 4.74 Å². The van der Waals surface area contributed by atoms with Gasteiger partial charge in [-0.25, -0.2) is 9.78 Å². The quantitative estimate of drug-likeness (QED) is 0.790. The number of carbonyl (C=O) groups excluding carboxylic acids is 1. The molecule has 0 unspecified atom stereocenters. The molecule has 128 valence electrons. The number of hydrogen-bond acceptors (Lipinski definition) is 3. The van der Waals surface area contributed by atoms with Crippen LogP contribution < -0.4 is 0 Å². The number of hydrogen-bond donors (Lipinski definition) is 1. The number of carbonyl (C=O) groups is 1. The number of ether oxygens (including phenoxy) is 1. The first-order valence-electron chi connectivity index (χ1n) is 8.14. The smallest absolute Gasteiger partial charge is 0.410 e. The average Bonchev–Trinajstić information content (AvgIpc) is 3.15. The van der Waals surface area contributed by atoms with E-state index in [1.165, 1.54) is 0 Å². The first-order chi connectivity index (χ1) is 11.3. The van der Waals surface area contributed by atoms with Gasteiger partial charge < -0.3 is 9.72 Å². The van der Waals surface area contributed by atoms with Gasteiger partial charge in [0.2, 0.25) is 0 Å². The summed E-state index contributed by atoms with van der Waals surface area (Å²) in [5.41, 5.74) is 1.49. The van der Waals surface area contributed by atoms with Crippen molar-refractivity contribution in [2.45, 2.75) is 45.3 Å². The maximum absolute atomic E-state index is 12.4. The van der Waals surface area contributed by atoms with Crippen LogP contribution in [0.2, 0.25) is 0 Å². The Balaban J connectivity index is 1.78. The zero-order valence-electron chi connectivity index (χ0n) is 14.2. The van der Waals surface area contributed by atoms with E-state index < -0.39 is 5.60 Å². The summed E-state index contributed by atoms with van der Waals surface area (Å²) >= 11 is 3.44. The molecular weight excluding hydrogens is 370 g/mol. The zero-order chi connectivity index (χ0) is 17.3. The minimum atomic E-state index is -0.485. The number of likely N-dealkylation sites (tertiary alicyclic amines) is 1. The maximum Gasteiger partial charge on any atom is 0.410 e. The van der Waals surface area contributed by atoms with E-state index in [0.717, 1.165) is 34.4 Å². The molecule has 0 spiro atoms. The molecule has 0 aliphatic carbocycles. The van der Waals surface area contributed by atoms with Gasteiger partial charge in [0, 0.05) is 16.6 Å². The minimum absolute atomic E-state index is 0.00320. The highest BCUT2D eigenvalue weighted by Gasteiger charge is 2.34. The number of H-pyrrole nitrogens is 1. The van der Waals surface area contributed by atoms with Crippen LogP contribution in [0.15, 0.2) is 34.9 Å². The van der Waals surface area contributed by atoms with Crippen LogP contribution in [-0.4, -0.2) is 33.1 Å². The van der Waals surface area contributed by atoms with Gasteiger partial charge in [-0.15, -0.1) is 0 Å². The van der Waals surface area contributed by atoms with Crippen LogP contribution in [0.5, 0.6) is 0 Å². The maximum atomic E-state index is 12.4. The van der Waals surface area contributed by atoms with Gasteiger partial charge in [-0.1, -0.05) is 28.1 Å². The number of aromatic amines is 1. The lowest BCUT2D eigenvalue weighted by atomic mass is 10.1. The van der Waals surface area contributed by atoms with Gasteiger partial charge in [-0.2, -0.15) is 0 Å². The third kappa shape index (κ3) is 3.80. The van der Waals surface area contributed by atoms with E-state index >= 15 is 0 Å². The Morgan fingerprint density at radius 3 is 2.71 bits per heavy atom. The summed E-state index contributed by atoms with van der Waals surface area (Å²) in [7, 11) is 0. The van der Waals surface area contributed by atoms with Crippen LogP contribution in [0.3, 0.4) is 0 Å². The molecule has 1 aliphatic heterocycles. The SMILES string of the molecule is CC(C)(C)OC(=O)N1CCC[C@H]1c1cnc(-c2ccc(Br)cc2)[nH]1. The molecule has 1 aromatic heterocycles. The van der Waals surface area contributed by atoms with Gasteiger partial charge in [0.1, 0.15) is 11.4 Å². The van der Waals surface area contributed by atoms with E-state index in [0.29, 0.717) is 6.54 Å². The van der Waals surface area contributed by atoms with Crippen LogP contribution in [0.4, 0.5) is 4.79 Å². The molecule has 1 fully saturated rings. The lowest BCUT2D eigenvalue weighted by Gasteiger charge is -2.28. The second-order valence-corrected chi connectivity index (χ2v) is 7.94. The van der Waals surface area contributed by atoms with Crippen LogP contribution in [0.1, 0.15) is 45.3 Å².